The van der Waals surface area contributed by atoms with Gasteiger partial charge < -0.3 is 16.0 Å². The quantitative estimate of drug-likeness (QED) is 0.234. The summed E-state index contributed by atoms with van der Waals surface area (Å²) in [6.45, 7) is 1.99. The van der Waals surface area contributed by atoms with E-state index in [-0.39, 0.29) is 11.6 Å². The third-order valence-corrected chi connectivity index (χ3v) is 2.61. The fourth-order valence-electron chi connectivity index (χ4n) is 1.10. The van der Waals surface area contributed by atoms with Gasteiger partial charge in [0.15, 0.2) is 5.84 Å². The first-order valence-electron chi connectivity index (χ1n) is 4.13. The zero-order valence-electron chi connectivity index (χ0n) is 7.77. The Morgan fingerprint density at radius 3 is 2.86 bits per heavy atom. The van der Waals surface area contributed by atoms with Crippen molar-refractivity contribution in [3.05, 3.63) is 23.8 Å². The molecule has 0 spiro atoms. The molecule has 0 bridgehead atoms. The summed E-state index contributed by atoms with van der Waals surface area (Å²) in [4.78, 5) is 0.808. The van der Waals surface area contributed by atoms with Gasteiger partial charge in [-0.3, -0.25) is 0 Å². The highest BCUT2D eigenvalue weighted by Gasteiger charge is 2.11. The molecule has 0 unspecified atom stereocenters. The summed E-state index contributed by atoms with van der Waals surface area (Å²) in [5, 5.41) is 21.0. The Kier molecular flexibility index (Phi) is 3.64. The molecule has 0 saturated heterocycles. The Morgan fingerprint density at radius 2 is 2.29 bits per heavy atom. The molecule has 0 amide bonds. The Balaban J connectivity index is 3.22. The van der Waals surface area contributed by atoms with Gasteiger partial charge in [-0.05, 0) is 17.9 Å². The molecule has 1 rings (SSSR count). The number of nitrogens with zero attached hydrogens (tertiary/aromatic N) is 1. The minimum Gasteiger partial charge on any atom is -0.507 e. The predicted octanol–water partition coefficient (Wildman–Crippen LogP) is 1.60. The van der Waals surface area contributed by atoms with E-state index in [1.54, 1.807) is 6.07 Å². The van der Waals surface area contributed by atoms with Crippen LogP contribution in [0.15, 0.2) is 28.3 Å². The van der Waals surface area contributed by atoms with Crippen LogP contribution < -0.4 is 5.73 Å². The van der Waals surface area contributed by atoms with Gasteiger partial charge in [0.2, 0.25) is 0 Å². The van der Waals surface area contributed by atoms with Crippen molar-refractivity contribution in [3.63, 3.8) is 0 Å². The van der Waals surface area contributed by atoms with Crippen molar-refractivity contribution in [1.29, 1.82) is 0 Å². The van der Waals surface area contributed by atoms with Gasteiger partial charge in [-0.25, -0.2) is 0 Å². The molecule has 5 heteroatoms. The van der Waals surface area contributed by atoms with Crippen LogP contribution in [0.2, 0.25) is 0 Å². The van der Waals surface area contributed by atoms with Crippen molar-refractivity contribution < 1.29 is 10.3 Å². The van der Waals surface area contributed by atoms with E-state index in [1.807, 2.05) is 13.0 Å². The lowest BCUT2D eigenvalue weighted by molar-refractivity contribution is 0.318. The lowest BCUT2D eigenvalue weighted by Crippen LogP contribution is -2.14. The average molecular weight is 212 g/mol. The lowest BCUT2D eigenvalue weighted by Gasteiger charge is -2.08. The summed E-state index contributed by atoms with van der Waals surface area (Å²) in [7, 11) is 0. The van der Waals surface area contributed by atoms with E-state index in [1.165, 1.54) is 17.8 Å². The van der Waals surface area contributed by atoms with Crippen molar-refractivity contribution in [2.75, 3.05) is 5.75 Å². The summed E-state index contributed by atoms with van der Waals surface area (Å²) >= 11 is 1.53. The molecule has 0 fully saturated rings. The highest BCUT2D eigenvalue weighted by molar-refractivity contribution is 7.99. The molecule has 0 aromatic heterocycles. The first-order chi connectivity index (χ1) is 6.70. The van der Waals surface area contributed by atoms with Gasteiger partial charge in [0, 0.05) is 4.90 Å². The highest BCUT2D eigenvalue weighted by atomic mass is 32.2. The Morgan fingerprint density at radius 1 is 1.57 bits per heavy atom. The number of oxime groups is 1. The Hall–Kier alpha value is -1.36. The zero-order chi connectivity index (χ0) is 10.6. The van der Waals surface area contributed by atoms with E-state index < -0.39 is 0 Å². The van der Waals surface area contributed by atoms with Crippen molar-refractivity contribution in [1.82, 2.24) is 0 Å². The fourth-order valence-corrected chi connectivity index (χ4v) is 1.94. The first kappa shape index (κ1) is 10.7. The summed E-state index contributed by atoms with van der Waals surface area (Å²) in [5.74, 6) is 0.813. The molecule has 1 aromatic rings. The number of phenols is 1. The Bertz CT molecular complexity index is 353. The highest BCUT2D eigenvalue weighted by Crippen LogP contribution is 2.28. The van der Waals surface area contributed by atoms with E-state index in [0.29, 0.717) is 5.56 Å². The molecule has 0 heterocycles. The number of benzene rings is 1. The maximum atomic E-state index is 9.53. The smallest absolute Gasteiger partial charge is 0.174 e. The molecular formula is C9H12N2O2S. The molecule has 4 N–H and O–H groups in total. The van der Waals surface area contributed by atoms with Crippen molar-refractivity contribution >= 4 is 17.6 Å². The van der Waals surface area contributed by atoms with Crippen LogP contribution in [0.3, 0.4) is 0 Å². The standard InChI is InChI=1S/C9H12N2O2S/c1-2-14-7-5-3-4-6(12)8(7)9(10)11-13/h3-5,12-13H,2H2,1H3,(H2,10,11). The van der Waals surface area contributed by atoms with Crippen LogP contribution in [-0.2, 0) is 0 Å². The van der Waals surface area contributed by atoms with Gasteiger partial charge in [-0.2, -0.15) is 0 Å². The number of amidine groups is 1. The van der Waals surface area contributed by atoms with Crippen molar-refractivity contribution in [2.24, 2.45) is 10.9 Å². The van der Waals surface area contributed by atoms with Crippen LogP contribution in [-0.4, -0.2) is 21.9 Å². The largest absolute Gasteiger partial charge is 0.507 e. The van der Waals surface area contributed by atoms with Crippen LogP contribution in [0.1, 0.15) is 12.5 Å². The number of rotatable bonds is 3. The van der Waals surface area contributed by atoms with Gasteiger partial charge in [0.05, 0.1) is 5.56 Å². The van der Waals surface area contributed by atoms with E-state index in [2.05, 4.69) is 5.16 Å². The minimum absolute atomic E-state index is 0.0266. The summed E-state index contributed by atoms with van der Waals surface area (Å²) in [5.41, 5.74) is 5.84. The molecule has 1 aromatic carbocycles. The number of nitrogens with two attached hydrogens (primary N) is 1. The SMILES string of the molecule is CCSc1cccc(O)c1/C(N)=N/O. The molecule has 0 aliphatic carbocycles. The first-order valence-corrected chi connectivity index (χ1v) is 5.12. The normalized spacial score (nSPS) is 11.6. The second kappa shape index (κ2) is 4.76. The summed E-state index contributed by atoms with van der Waals surface area (Å²) in [6, 6.07) is 5.05. The predicted molar refractivity (Wildman–Crippen MR) is 57.0 cm³/mol. The molecule has 0 radical (unpaired) electrons. The van der Waals surface area contributed by atoms with Gasteiger partial charge >= 0.3 is 0 Å². The fraction of sp³-hybridized carbons (Fsp3) is 0.222. The van der Waals surface area contributed by atoms with E-state index in [0.717, 1.165) is 10.6 Å². The molecular weight excluding hydrogens is 200 g/mol. The van der Waals surface area contributed by atoms with Crippen LogP contribution in [0.5, 0.6) is 5.75 Å². The van der Waals surface area contributed by atoms with Gasteiger partial charge in [0.25, 0.3) is 0 Å². The molecule has 4 nitrogen and oxygen atoms in total. The van der Waals surface area contributed by atoms with Crippen molar-refractivity contribution in [3.8, 4) is 5.75 Å². The number of aromatic hydroxyl groups is 1. The number of hydrogen-bond acceptors (Lipinski definition) is 4. The molecule has 14 heavy (non-hydrogen) atoms. The third kappa shape index (κ3) is 2.11. The van der Waals surface area contributed by atoms with Crippen LogP contribution in [0.25, 0.3) is 0 Å². The topological polar surface area (TPSA) is 78.8 Å². The number of phenolic OH excluding ortho intramolecular Hbond substituents is 1. The number of hydrogen-bond donors (Lipinski definition) is 3. The molecule has 0 atom stereocenters. The summed E-state index contributed by atoms with van der Waals surface area (Å²) in [6.07, 6.45) is 0. The van der Waals surface area contributed by atoms with Gasteiger partial charge in [-0.1, -0.05) is 18.1 Å². The Labute approximate surface area is 86.4 Å². The third-order valence-electron chi connectivity index (χ3n) is 1.67. The van der Waals surface area contributed by atoms with E-state index in [4.69, 9.17) is 10.9 Å². The van der Waals surface area contributed by atoms with Crippen LogP contribution in [0, 0.1) is 0 Å². The monoisotopic (exact) mass is 212 g/mol. The average Bonchev–Trinajstić information content (AvgIpc) is 2.18. The minimum atomic E-state index is -0.0703. The maximum Gasteiger partial charge on any atom is 0.174 e. The summed E-state index contributed by atoms with van der Waals surface area (Å²) < 4.78 is 0. The molecule has 0 aliphatic heterocycles. The zero-order valence-corrected chi connectivity index (χ0v) is 8.58. The number of thioether (sulfide) groups is 1. The molecule has 0 aliphatic rings. The maximum absolute atomic E-state index is 9.53. The second-order valence-electron chi connectivity index (χ2n) is 2.57. The molecule has 76 valence electrons. The van der Waals surface area contributed by atoms with Gasteiger partial charge in [0.1, 0.15) is 5.75 Å². The lowest BCUT2D eigenvalue weighted by atomic mass is 10.2. The second-order valence-corrected chi connectivity index (χ2v) is 3.87. The van der Waals surface area contributed by atoms with Crippen LogP contribution in [0.4, 0.5) is 0 Å². The molecule has 0 saturated carbocycles. The van der Waals surface area contributed by atoms with E-state index in [9.17, 15) is 5.11 Å². The van der Waals surface area contributed by atoms with Crippen molar-refractivity contribution in [2.45, 2.75) is 11.8 Å². The van der Waals surface area contributed by atoms with E-state index >= 15 is 0 Å². The van der Waals surface area contributed by atoms with Crippen LogP contribution >= 0.6 is 11.8 Å². The van der Waals surface area contributed by atoms with Gasteiger partial charge in [-0.15, -0.1) is 11.8 Å².